The number of quaternary nitrogens is 1. The Morgan fingerprint density at radius 3 is 2.63 bits per heavy atom. The summed E-state index contributed by atoms with van der Waals surface area (Å²) in [6.07, 6.45) is 4.81. The minimum absolute atomic E-state index is 0.0220. The lowest BCUT2D eigenvalue weighted by atomic mass is 9.86. The van der Waals surface area contributed by atoms with Gasteiger partial charge in [-0.1, -0.05) is 18.2 Å². The highest BCUT2D eigenvalue weighted by atomic mass is 16.7. The van der Waals surface area contributed by atoms with Crippen molar-refractivity contribution in [1.29, 1.82) is 0 Å². The molecule has 0 bridgehead atoms. The van der Waals surface area contributed by atoms with E-state index < -0.39 is 0 Å². The van der Waals surface area contributed by atoms with Crippen molar-refractivity contribution in [1.82, 2.24) is 0 Å². The van der Waals surface area contributed by atoms with E-state index in [1.165, 1.54) is 5.56 Å². The fraction of sp³-hybridized carbons (Fsp3) is 0.375. The van der Waals surface area contributed by atoms with Crippen LogP contribution >= 0.6 is 0 Å². The average molecular weight is 410 g/mol. The predicted molar refractivity (Wildman–Crippen MR) is 114 cm³/mol. The lowest BCUT2D eigenvalue weighted by Crippen LogP contribution is -2.48. The Balaban J connectivity index is 1.62. The van der Waals surface area contributed by atoms with E-state index >= 15 is 0 Å². The van der Waals surface area contributed by atoms with Crippen molar-refractivity contribution in [3.63, 3.8) is 0 Å². The number of benzene rings is 2. The third-order valence-electron chi connectivity index (χ3n) is 6.05. The Bertz CT molecular complexity index is 978. The molecule has 4 rings (SSSR count). The third kappa shape index (κ3) is 3.75. The van der Waals surface area contributed by atoms with Crippen LogP contribution in [0.2, 0.25) is 0 Å². The number of methoxy groups -OCH3 is 2. The van der Waals surface area contributed by atoms with Gasteiger partial charge in [-0.05, 0) is 35.4 Å². The number of carbonyl (C=O) groups excluding carboxylic acids is 1. The van der Waals surface area contributed by atoms with E-state index in [0.29, 0.717) is 22.4 Å². The van der Waals surface area contributed by atoms with Crippen LogP contribution in [0, 0.1) is 0 Å². The topological polar surface area (TPSA) is 54.0 Å². The fourth-order valence-electron chi connectivity index (χ4n) is 4.28. The minimum atomic E-state index is -0.0220. The molecule has 30 heavy (non-hydrogen) atoms. The molecule has 1 atom stereocenters. The number of ketones is 1. The van der Waals surface area contributed by atoms with Gasteiger partial charge in [-0.25, -0.2) is 0 Å². The number of rotatable bonds is 6. The van der Waals surface area contributed by atoms with Crippen LogP contribution in [0.3, 0.4) is 0 Å². The van der Waals surface area contributed by atoms with Gasteiger partial charge in [0.1, 0.15) is 11.8 Å². The molecule has 0 N–H and O–H groups in total. The zero-order valence-electron chi connectivity index (χ0n) is 17.9. The van der Waals surface area contributed by atoms with E-state index in [9.17, 15) is 4.79 Å². The summed E-state index contributed by atoms with van der Waals surface area (Å²) in [6, 6.07) is 9.66. The van der Waals surface area contributed by atoms with Gasteiger partial charge in [0.05, 0.1) is 46.8 Å². The SMILES string of the molecule is COc1ccc(/C=C/C(=O)C[C@H]2c3c(cc4c(c3OC)OCO4)CC[N+]2(C)C)cc1. The van der Waals surface area contributed by atoms with Gasteiger partial charge in [0.25, 0.3) is 0 Å². The summed E-state index contributed by atoms with van der Waals surface area (Å²) in [6.45, 7) is 1.14. The molecule has 158 valence electrons. The van der Waals surface area contributed by atoms with Crippen LogP contribution in [0.1, 0.15) is 29.2 Å². The maximum atomic E-state index is 12.9. The minimum Gasteiger partial charge on any atom is -0.497 e. The van der Waals surface area contributed by atoms with Gasteiger partial charge in [-0.2, -0.15) is 0 Å². The number of nitrogens with zero attached hydrogens (tertiary/aromatic N) is 1. The molecule has 0 unspecified atom stereocenters. The van der Waals surface area contributed by atoms with Crippen LogP contribution in [0.15, 0.2) is 36.4 Å². The summed E-state index contributed by atoms with van der Waals surface area (Å²) in [7, 11) is 7.61. The third-order valence-corrected chi connectivity index (χ3v) is 6.05. The van der Waals surface area contributed by atoms with E-state index in [1.54, 1.807) is 20.3 Å². The summed E-state index contributed by atoms with van der Waals surface area (Å²) < 4.78 is 22.9. The largest absolute Gasteiger partial charge is 0.497 e. The van der Waals surface area contributed by atoms with Crippen molar-refractivity contribution in [3.05, 3.63) is 53.1 Å². The molecule has 2 aromatic carbocycles. The predicted octanol–water partition coefficient (Wildman–Crippen LogP) is 3.78. The highest BCUT2D eigenvalue weighted by Gasteiger charge is 2.41. The van der Waals surface area contributed by atoms with E-state index in [0.717, 1.165) is 35.6 Å². The van der Waals surface area contributed by atoms with Crippen molar-refractivity contribution in [2.24, 2.45) is 0 Å². The van der Waals surface area contributed by atoms with Crippen LogP contribution in [-0.2, 0) is 11.2 Å². The van der Waals surface area contributed by atoms with Gasteiger partial charge in [0.2, 0.25) is 12.5 Å². The van der Waals surface area contributed by atoms with Crippen molar-refractivity contribution >= 4 is 11.9 Å². The first-order chi connectivity index (χ1) is 14.4. The van der Waals surface area contributed by atoms with Crippen LogP contribution in [0.4, 0.5) is 0 Å². The average Bonchev–Trinajstić information content (AvgIpc) is 3.21. The summed E-state index contributed by atoms with van der Waals surface area (Å²) in [5, 5.41) is 0. The lowest BCUT2D eigenvalue weighted by Gasteiger charge is -2.43. The number of hydrogen-bond donors (Lipinski definition) is 0. The zero-order chi connectivity index (χ0) is 21.3. The second kappa shape index (κ2) is 8.03. The molecule has 0 aromatic heterocycles. The normalized spacial score (nSPS) is 18.9. The lowest BCUT2D eigenvalue weighted by molar-refractivity contribution is -0.922. The second-order valence-electron chi connectivity index (χ2n) is 8.26. The molecule has 0 saturated carbocycles. The molecule has 0 amide bonds. The van der Waals surface area contributed by atoms with Gasteiger partial charge in [-0.15, -0.1) is 0 Å². The molecular formula is C24H28NO5+. The first kappa shape index (κ1) is 20.3. The van der Waals surface area contributed by atoms with Crippen LogP contribution < -0.4 is 18.9 Å². The van der Waals surface area contributed by atoms with Crippen LogP contribution in [0.5, 0.6) is 23.0 Å². The molecule has 0 saturated heterocycles. The van der Waals surface area contributed by atoms with E-state index in [2.05, 4.69) is 14.1 Å². The second-order valence-corrected chi connectivity index (χ2v) is 8.26. The molecular weight excluding hydrogens is 382 g/mol. The van der Waals surface area contributed by atoms with Crippen molar-refractivity contribution in [3.8, 4) is 23.0 Å². The number of carbonyl (C=O) groups is 1. The monoisotopic (exact) mass is 410 g/mol. The number of allylic oxidation sites excluding steroid dienone is 1. The number of hydrogen-bond acceptors (Lipinski definition) is 5. The summed E-state index contributed by atoms with van der Waals surface area (Å²) >= 11 is 0. The molecule has 6 heteroatoms. The first-order valence-electron chi connectivity index (χ1n) is 10.1. The van der Waals surface area contributed by atoms with Gasteiger partial charge >= 0.3 is 0 Å². The van der Waals surface area contributed by atoms with Crippen molar-refractivity contribution < 1.29 is 28.2 Å². The summed E-state index contributed by atoms with van der Waals surface area (Å²) in [4.78, 5) is 12.9. The molecule has 0 spiro atoms. The molecule has 2 aliphatic heterocycles. The molecule has 0 radical (unpaired) electrons. The maximum absolute atomic E-state index is 12.9. The van der Waals surface area contributed by atoms with Crippen LogP contribution in [0.25, 0.3) is 6.08 Å². The highest BCUT2D eigenvalue weighted by Crippen LogP contribution is 2.51. The fourth-order valence-corrected chi connectivity index (χ4v) is 4.28. The first-order valence-corrected chi connectivity index (χ1v) is 10.1. The standard InChI is InChI=1S/C24H28NO5/c1-25(2)12-11-17-13-21-23(30-15-29-21)24(28-4)22(17)20(25)14-18(26)8-5-16-6-9-19(27-3)10-7-16/h5-10,13,20H,11-12,14-15H2,1-4H3/q+1/b8-5+/t20-/m0/s1. The molecule has 2 heterocycles. The Morgan fingerprint density at radius 2 is 1.93 bits per heavy atom. The van der Waals surface area contributed by atoms with Gasteiger partial charge < -0.3 is 23.4 Å². The molecule has 0 fully saturated rings. The molecule has 2 aliphatic rings. The van der Waals surface area contributed by atoms with Gasteiger partial charge in [-0.3, -0.25) is 4.79 Å². The Hall–Kier alpha value is -2.99. The smallest absolute Gasteiger partial charge is 0.231 e. The van der Waals surface area contributed by atoms with Crippen molar-refractivity contribution in [2.45, 2.75) is 18.9 Å². The number of likely N-dealkylation sites (N-methyl/N-ethyl adjacent to an activating group) is 1. The van der Waals surface area contributed by atoms with Crippen molar-refractivity contribution in [2.75, 3.05) is 41.7 Å². The molecule has 2 aromatic rings. The highest BCUT2D eigenvalue weighted by molar-refractivity contribution is 5.94. The van der Waals surface area contributed by atoms with Gasteiger partial charge in [0, 0.05) is 6.42 Å². The van der Waals surface area contributed by atoms with Crippen LogP contribution in [-0.4, -0.2) is 51.9 Å². The molecule has 0 aliphatic carbocycles. The molecule has 6 nitrogen and oxygen atoms in total. The Morgan fingerprint density at radius 1 is 1.17 bits per heavy atom. The van der Waals surface area contributed by atoms with E-state index in [1.807, 2.05) is 36.4 Å². The summed E-state index contributed by atoms with van der Waals surface area (Å²) in [5.74, 6) is 2.94. The quantitative estimate of drug-likeness (QED) is 0.536. The number of ether oxygens (including phenoxy) is 4. The summed E-state index contributed by atoms with van der Waals surface area (Å²) in [5.41, 5.74) is 3.19. The number of fused-ring (bicyclic) bond motifs is 2. The Kier molecular flexibility index (Phi) is 5.43. The Labute approximate surface area is 177 Å². The zero-order valence-corrected chi connectivity index (χ0v) is 17.9. The van der Waals surface area contributed by atoms with E-state index in [4.69, 9.17) is 18.9 Å². The van der Waals surface area contributed by atoms with Gasteiger partial charge in [0.15, 0.2) is 17.3 Å². The maximum Gasteiger partial charge on any atom is 0.231 e. The van der Waals surface area contributed by atoms with E-state index in [-0.39, 0.29) is 18.6 Å².